The van der Waals surface area contributed by atoms with E-state index in [4.69, 9.17) is 30.3 Å². The lowest BCUT2D eigenvalue weighted by Gasteiger charge is -2.22. The summed E-state index contributed by atoms with van der Waals surface area (Å²) < 4.78 is 52.5. The molecule has 0 spiro atoms. The average Bonchev–Trinajstić information content (AvgIpc) is 3.42. The molecule has 0 bridgehead atoms. The van der Waals surface area contributed by atoms with E-state index in [-0.39, 0.29) is 33.8 Å². The third-order valence-corrected chi connectivity index (χ3v) is 6.52. The molecule has 0 saturated carbocycles. The van der Waals surface area contributed by atoms with E-state index < -0.39 is 10.0 Å². The van der Waals surface area contributed by atoms with Crippen molar-refractivity contribution < 1.29 is 27.2 Å². The van der Waals surface area contributed by atoms with Crippen molar-refractivity contribution in [3.05, 3.63) is 53.3 Å². The molecule has 0 unspecified atom stereocenters. The Kier molecular flexibility index (Phi) is 5.06. The molecule has 0 aliphatic carbocycles. The summed E-state index contributed by atoms with van der Waals surface area (Å²) >= 11 is 6.46. The zero-order valence-electron chi connectivity index (χ0n) is 16.7. The van der Waals surface area contributed by atoms with Crippen LogP contribution in [0.5, 0.6) is 17.2 Å². The third-order valence-electron chi connectivity index (χ3n) is 4.84. The summed E-state index contributed by atoms with van der Waals surface area (Å²) in [6, 6.07) is 8.35. The largest absolute Gasteiger partial charge is 0.495 e. The molecule has 0 atom stereocenters. The third kappa shape index (κ3) is 3.59. The molecule has 166 valence electrons. The summed E-state index contributed by atoms with van der Waals surface area (Å²) in [6.45, 7) is 0.992. The first kappa shape index (κ1) is 20.5. The second kappa shape index (κ2) is 7.92. The highest BCUT2D eigenvalue weighted by Gasteiger charge is 2.31. The van der Waals surface area contributed by atoms with E-state index >= 15 is 0 Å². The van der Waals surface area contributed by atoms with Crippen LogP contribution in [0.1, 0.15) is 5.56 Å². The molecule has 4 aromatic rings. The standard InChI is InChI=1S/C20H17ClN4O6S/c1-28-15-4-3-14-18(30-8-7-29-14)19(15)32(26,27)24-20-17-13(21)9-12(10-16(17)31-23-20)11-25-6-2-5-22-25/h2-6,9-10H,7-8,11H2,1H3,(H,23,24). The highest BCUT2D eigenvalue weighted by Crippen LogP contribution is 2.43. The summed E-state index contributed by atoms with van der Waals surface area (Å²) in [5, 5.41) is 8.67. The van der Waals surface area contributed by atoms with Gasteiger partial charge in [-0.3, -0.25) is 9.40 Å². The fourth-order valence-corrected chi connectivity index (χ4v) is 5.12. The van der Waals surface area contributed by atoms with Crippen molar-refractivity contribution in [2.45, 2.75) is 11.4 Å². The number of ether oxygens (including phenoxy) is 3. The van der Waals surface area contributed by atoms with E-state index in [1.807, 2.05) is 12.3 Å². The highest BCUT2D eigenvalue weighted by atomic mass is 35.5. The smallest absolute Gasteiger partial charge is 0.270 e. The number of benzene rings is 2. The number of sulfonamides is 1. The Balaban J connectivity index is 1.53. The number of halogens is 1. The first-order chi connectivity index (χ1) is 15.5. The van der Waals surface area contributed by atoms with Gasteiger partial charge in [0.25, 0.3) is 10.0 Å². The van der Waals surface area contributed by atoms with Gasteiger partial charge in [-0.15, -0.1) is 0 Å². The van der Waals surface area contributed by atoms with Crippen LogP contribution in [0.4, 0.5) is 5.82 Å². The molecule has 0 fully saturated rings. The number of nitrogens with one attached hydrogen (secondary N) is 1. The van der Waals surface area contributed by atoms with Crippen LogP contribution in [-0.2, 0) is 16.6 Å². The van der Waals surface area contributed by atoms with Crippen molar-refractivity contribution in [2.75, 3.05) is 25.0 Å². The van der Waals surface area contributed by atoms with Crippen molar-refractivity contribution in [3.63, 3.8) is 0 Å². The molecule has 1 N–H and O–H groups in total. The molecule has 0 radical (unpaired) electrons. The van der Waals surface area contributed by atoms with Gasteiger partial charge in [-0.05, 0) is 35.9 Å². The zero-order chi connectivity index (χ0) is 22.3. The van der Waals surface area contributed by atoms with Crippen molar-refractivity contribution in [1.29, 1.82) is 0 Å². The minimum absolute atomic E-state index is 0.0491. The Morgan fingerprint density at radius 2 is 2.09 bits per heavy atom. The molecule has 1 aliphatic heterocycles. The van der Waals surface area contributed by atoms with Gasteiger partial charge in [0, 0.05) is 12.4 Å². The van der Waals surface area contributed by atoms with E-state index in [2.05, 4.69) is 15.0 Å². The van der Waals surface area contributed by atoms with Gasteiger partial charge >= 0.3 is 0 Å². The second-order valence-corrected chi connectivity index (χ2v) is 8.94. The molecule has 3 heterocycles. The maximum absolute atomic E-state index is 13.3. The Bertz CT molecular complexity index is 1400. The van der Waals surface area contributed by atoms with Crippen LogP contribution < -0.4 is 18.9 Å². The molecule has 32 heavy (non-hydrogen) atoms. The molecular weight excluding hydrogens is 460 g/mol. The molecule has 0 saturated heterocycles. The maximum Gasteiger partial charge on any atom is 0.270 e. The Morgan fingerprint density at radius 3 is 2.88 bits per heavy atom. The fraction of sp³-hybridized carbons (Fsp3) is 0.200. The van der Waals surface area contributed by atoms with Crippen LogP contribution in [0.3, 0.4) is 0 Å². The van der Waals surface area contributed by atoms with Crippen molar-refractivity contribution >= 4 is 38.4 Å². The molecule has 10 nitrogen and oxygen atoms in total. The molecule has 2 aromatic carbocycles. The van der Waals surface area contributed by atoms with E-state index in [9.17, 15) is 8.42 Å². The molecule has 1 aliphatic rings. The predicted octanol–water partition coefficient (Wildman–Crippen LogP) is 3.31. The van der Waals surface area contributed by atoms with Crippen molar-refractivity contribution in [3.8, 4) is 17.2 Å². The minimum atomic E-state index is -4.20. The van der Waals surface area contributed by atoms with Crippen LogP contribution >= 0.6 is 11.6 Å². The Morgan fingerprint density at radius 1 is 1.25 bits per heavy atom. The SMILES string of the molecule is COc1ccc2c(c1S(=O)(=O)Nc1noc3cc(Cn4cccn4)cc(Cl)c13)OCCO2. The van der Waals surface area contributed by atoms with Crippen LogP contribution in [0, 0.1) is 0 Å². The summed E-state index contributed by atoms with van der Waals surface area (Å²) in [7, 11) is -2.83. The highest BCUT2D eigenvalue weighted by molar-refractivity contribution is 7.93. The van der Waals surface area contributed by atoms with Crippen LogP contribution in [-0.4, -0.2) is 43.7 Å². The first-order valence-electron chi connectivity index (χ1n) is 9.51. The van der Waals surface area contributed by atoms with E-state index in [0.29, 0.717) is 29.9 Å². The van der Waals surface area contributed by atoms with Gasteiger partial charge in [-0.2, -0.15) is 5.10 Å². The van der Waals surface area contributed by atoms with Gasteiger partial charge in [0.1, 0.15) is 19.0 Å². The monoisotopic (exact) mass is 476 g/mol. The lowest BCUT2D eigenvalue weighted by molar-refractivity contribution is 0.165. The van der Waals surface area contributed by atoms with Crippen molar-refractivity contribution in [1.82, 2.24) is 14.9 Å². The number of hydrogen-bond donors (Lipinski definition) is 1. The van der Waals surface area contributed by atoms with Crippen molar-refractivity contribution in [2.24, 2.45) is 0 Å². The summed E-state index contributed by atoms with van der Waals surface area (Å²) in [5.41, 5.74) is 1.15. The number of anilines is 1. The number of fused-ring (bicyclic) bond motifs is 2. The molecule has 12 heteroatoms. The zero-order valence-corrected chi connectivity index (χ0v) is 18.3. The van der Waals surface area contributed by atoms with Crippen LogP contribution in [0.2, 0.25) is 5.02 Å². The number of rotatable bonds is 6. The minimum Gasteiger partial charge on any atom is -0.495 e. The summed E-state index contributed by atoms with van der Waals surface area (Å²) in [4.78, 5) is -0.195. The van der Waals surface area contributed by atoms with E-state index in [1.165, 1.54) is 13.2 Å². The molecular formula is C20H17ClN4O6S. The fourth-order valence-electron chi connectivity index (χ4n) is 3.48. The number of hydrogen-bond acceptors (Lipinski definition) is 8. The quantitative estimate of drug-likeness (QED) is 0.450. The Labute approximate surface area is 187 Å². The average molecular weight is 477 g/mol. The second-order valence-electron chi connectivity index (χ2n) is 6.91. The summed E-state index contributed by atoms with van der Waals surface area (Å²) in [5.74, 6) is 0.432. The van der Waals surface area contributed by atoms with E-state index in [1.54, 1.807) is 29.1 Å². The normalized spacial score (nSPS) is 13.3. The topological polar surface area (TPSA) is 118 Å². The number of methoxy groups -OCH3 is 1. The van der Waals surface area contributed by atoms with Gasteiger partial charge in [0.2, 0.25) is 0 Å². The maximum atomic E-state index is 13.3. The van der Waals surface area contributed by atoms with Gasteiger partial charge < -0.3 is 18.7 Å². The van der Waals surface area contributed by atoms with Gasteiger partial charge in [0.15, 0.2) is 27.8 Å². The van der Waals surface area contributed by atoms with Gasteiger partial charge in [0.05, 0.1) is 24.1 Å². The molecule has 2 aromatic heterocycles. The Hall–Kier alpha value is -3.44. The molecule has 5 rings (SSSR count). The van der Waals surface area contributed by atoms with Crippen LogP contribution in [0.25, 0.3) is 11.0 Å². The van der Waals surface area contributed by atoms with Crippen LogP contribution in [0.15, 0.2) is 52.1 Å². The summed E-state index contributed by atoms with van der Waals surface area (Å²) in [6.07, 6.45) is 3.49. The predicted molar refractivity (Wildman–Crippen MR) is 115 cm³/mol. The lowest BCUT2D eigenvalue weighted by Crippen LogP contribution is -2.21. The van der Waals surface area contributed by atoms with Gasteiger partial charge in [-0.1, -0.05) is 16.8 Å². The van der Waals surface area contributed by atoms with Gasteiger partial charge in [-0.25, -0.2) is 8.42 Å². The number of aromatic nitrogens is 3. The van der Waals surface area contributed by atoms with E-state index in [0.717, 1.165) is 5.56 Å². The first-order valence-corrected chi connectivity index (χ1v) is 11.4. The number of nitrogens with zero attached hydrogens (tertiary/aromatic N) is 3. The lowest BCUT2D eigenvalue weighted by atomic mass is 10.1. The molecule has 0 amide bonds.